The van der Waals surface area contributed by atoms with Crippen LogP contribution in [0.25, 0.3) is 11.4 Å². The Labute approximate surface area is 152 Å². The molecule has 0 amide bonds. The molecule has 0 saturated carbocycles. The average Bonchev–Trinajstić information content (AvgIpc) is 3.29. The topological polar surface area (TPSA) is 61.4 Å². The minimum atomic E-state index is 0.708. The molecule has 26 heavy (non-hydrogen) atoms. The van der Waals surface area contributed by atoms with Gasteiger partial charge in [-0.3, -0.25) is 0 Å². The molecule has 6 nitrogen and oxygen atoms in total. The zero-order valence-electron chi connectivity index (χ0n) is 15.1. The Morgan fingerprint density at radius 1 is 0.769 bits per heavy atom. The van der Waals surface area contributed by atoms with Crippen molar-refractivity contribution in [3.63, 3.8) is 0 Å². The highest BCUT2D eigenvalue weighted by atomic mass is 15.5. The maximum atomic E-state index is 4.65. The van der Waals surface area contributed by atoms with Crippen molar-refractivity contribution in [3.05, 3.63) is 82.9 Å². The third-order valence-electron chi connectivity index (χ3n) is 4.40. The van der Waals surface area contributed by atoms with Crippen molar-refractivity contribution in [2.45, 2.75) is 27.2 Å². The Kier molecular flexibility index (Phi) is 4.08. The Morgan fingerprint density at radius 3 is 2.35 bits per heavy atom. The van der Waals surface area contributed by atoms with Crippen LogP contribution in [0.2, 0.25) is 0 Å². The monoisotopic (exact) mass is 344 g/mol. The summed E-state index contributed by atoms with van der Waals surface area (Å²) in [6.45, 7) is 6.22. The molecule has 0 fully saturated rings. The van der Waals surface area contributed by atoms with Crippen molar-refractivity contribution in [1.29, 1.82) is 0 Å². The number of hydrogen-bond acceptors (Lipinski definition) is 4. The largest absolute Gasteiger partial charge is 0.157 e. The van der Waals surface area contributed by atoms with Crippen LogP contribution in [0.4, 0.5) is 0 Å². The molecule has 0 N–H and O–H groups in total. The van der Waals surface area contributed by atoms with Gasteiger partial charge in [0.2, 0.25) is 0 Å². The molecule has 0 spiro atoms. The van der Waals surface area contributed by atoms with Crippen LogP contribution in [0.5, 0.6) is 0 Å². The van der Waals surface area contributed by atoms with E-state index in [1.807, 2.05) is 6.20 Å². The van der Waals surface area contributed by atoms with Crippen LogP contribution in [-0.2, 0) is 6.42 Å². The van der Waals surface area contributed by atoms with Crippen LogP contribution in [-0.4, -0.2) is 30.0 Å². The van der Waals surface area contributed by atoms with E-state index in [1.165, 1.54) is 5.56 Å². The second-order valence-corrected chi connectivity index (χ2v) is 6.53. The van der Waals surface area contributed by atoms with Crippen molar-refractivity contribution in [2.75, 3.05) is 0 Å². The zero-order valence-corrected chi connectivity index (χ0v) is 15.1. The van der Waals surface area contributed by atoms with Crippen LogP contribution in [0, 0.1) is 20.8 Å². The van der Waals surface area contributed by atoms with Crippen LogP contribution in [0.15, 0.2) is 55.0 Å². The third-order valence-corrected chi connectivity index (χ3v) is 4.40. The predicted octanol–water partition coefficient (Wildman–Crippen LogP) is 3.36. The van der Waals surface area contributed by atoms with Gasteiger partial charge in [0.25, 0.3) is 0 Å². The number of aryl methyl sites for hydroxylation is 3. The highest BCUT2D eigenvalue weighted by Gasteiger charge is 2.09. The van der Waals surface area contributed by atoms with Crippen molar-refractivity contribution in [1.82, 2.24) is 30.0 Å². The summed E-state index contributed by atoms with van der Waals surface area (Å²) in [4.78, 5) is 3.35. The molecule has 0 atom stereocenters. The van der Waals surface area contributed by atoms with E-state index in [2.05, 4.69) is 77.6 Å². The summed E-state index contributed by atoms with van der Waals surface area (Å²) in [7, 11) is 0. The van der Waals surface area contributed by atoms with E-state index < -0.39 is 0 Å². The fraction of sp³-hybridized carbons (Fsp3) is 0.200. The summed E-state index contributed by atoms with van der Waals surface area (Å²) < 4.78 is 0. The number of rotatable bonds is 4. The Bertz CT molecular complexity index is 1050. The van der Waals surface area contributed by atoms with Crippen LogP contribution >= 0.6 is 0 Å². The van der Waals surface area contributed by atoms with Gasteiger partial charge in [0.1, 0.15) is 0 Å². The fourth-order valence-electron chi connectivity index (χ4n) is 3.05. The number of aromatic nitrogens is 6. The van der Waals surface area contributed by atoms with Gasteiger partial charge in [0.05, 0.1) is 35.7 Å². The van der Waals surface area contributed by atoms with Gasteiger partial charge in [-0.05, 0) is 49.6 Å². The Morgan fingerprint density at radius 2 is 1.58 bits per heavy atom. The highest BCUT2D eigenvalue weighted by molar-refractivity contribution is 5.43. The van der Waals surface area contributed by atoms with E-state index in [-0.39, 0.29) is 0 Å². The Balaban J connectivity index is 1.61. The first-order valence-electron chi connectivity index (χ1n) is 8.55. The van der Waals surface area contributed by atoms with Gasteiger partial charge in [-0.25, -0.2) is 0 Å². The second kappa shape index (κ2) is 6.55. The first-order valence-corrected chi connectivity index (χ1v) is 8.55. The Hall–Kier alpha value is -3.28. The zero-order chi connectivity index (χ0) is 18.1. The minimum Gasteiger partial charge on any atom is -0.157 e. The average molecular weight is 344 g/mol. The normalized spacial score (nSPS) is 11.0. The van der Waals surface area contributed by atoms with Gasteiger partial charge < -0.3 is 0 Å². The summed E-state index contributed by atoms with van der Waals surface area (Å²) >= 11 is 0. The smallest absolute Gasteiger partial charge is 0.0888 e. The van der Waals surface area contributed by atoms with Crippen molar-refractivity contribution in [3.8, 4) is 11.4 Å². The van der Waals surface area contributed by atoms with Crippen molar-refractivity contribution >= 4 is 0 Å². The molecule has 2 aromatic carbocycles. The summed E-state index contributed by atoms with van der Waals surface area (Å²) in [6.07, 6.45) is 5.90. The lowest BCUT2D eigenvalue weighted by molar-refractivity contribution is 0.735. The molecule has 130 valence electrons. The van der Waals surface area contributed by atoms with Crippen LogP contribution < -0.4 is 0 Å². The quantitative estimate of drug-likeness (QED) is 0.569. The minimum absolute atomic E-state index is 0.708. The molecule has 0 unspecified atom stereocenters. The lowest BCUT2D eigenvalue weighted by atomic mass is 10.1. The molecule has 4 aromatic rings. The van der Waals surface area contributed by atoms with E-state index in [0.29, 0.717) is 6.42 Å². The van der Waals surface area contributed by atoms with Crippen LogP contribution in [0.1, 0.15) is 27.9 Å². The van der Waals surface area contributed by atoms with Gasteiger partial charge in [-0.15, -0.1) is 0 Å². The summed E-state index contributed by atoms with van der Waals surface area (Å²) in [5, 5.41) is 17.5. The molecular formula is C20H20N6. The summed E-state index contributed by atoms with van der Waals surface area (Å²) in [5.74, 6) is 0. The SMILES string of the molecule is Cc1ccc(-n2ncc(Cc3ccc(C)c(-n4nccn4)c3)n2)c(C)c1. The molecule has 0 radical (unpaired) electrons. The lowest BCUT2D eigenvalue weighted by Gasteiger charge is -2.07. The molecule has 2 heterocycles. The molecule has 0 aliphatic rings. The van der Waals surface area contributed by atoms with E-state index in [0.717, 1.165) is 33.8 Å². The van der Waals surface area contributed by atoms with Gasteiger partial charge in [-0.2, -0.15) is 30.0 Å². The molecule has 6 heteroatoms. The van der Waals surface area contributed by atoms with Gasteiger partial charge in [0.15, 0.2) is 0 Å². The molecule has 0 aliphatic carbocycles. The maximum Gasteiger partial charge on any atom is 0.0888 e. The summed E-state index contributed by atoms with van der Waals surface area (Å²) in [6, 6.07) is 12.6. The number of benzene rings is 2. The molecular weight excluding hydrogens is 324 g/mol. The fourth-order valence-corrected chi connectivity index (χ4v) is 3.05. The standard InChI is InChI=1S/C20H20N6/c1-14-4-7-19(16(3)10-14)26-23-13-18(24-26)11-17-6-5-15(2)20(12-17)25-21-8-9-22-25/h4-10,12-13H,11H2,1-3H3. The first kappa shape index (κ1) is 16.2. The first-order chi connectivity index (χ1) is 12.6. The van der Waals surface area contributed by atoms with Gasteiger partial charge >= 0.3 is 0 Å². The third kappa shape index (κ3) is 3.13. The molecule has 0 bridgehead atoms. The van der Waals surface area contributed by atoms with Crippen molar-refractivity contribution < 1.29 is 0 Å². The van der Waals surface area contributed by atoms with Gasteiger partial charge in [-0.1, -0.05) is 29.8 Å². The van der Waals surface area contributed by atoms with E-state index in [9.17, 15) is 0 Å². The van der Waals surface area contributed by atoms with E-state index >= 15 is 0 Å². The molecule has 4 rings (SSSR count). The molecule has 0 aliphatic heterocycles. The van der Waals surface area contributed by atoms with Crippen molar-refractivity contribution in [2.24, 2.45) is 0 Å². The predicted molar refractivity (Wildman–Crippen MR) is 99.7 cm³/mol. The molecule has 2 aromatic heterocycles. The maximum absolute atomic E-state index is 4.65. The van der Waals surface area contributed by atoms with E-state index in [1.54, 1.807) is 22.0 Å². The molecule has 0 saturated heterocycles. The van der Waals surface area contributed by atoms with E-state index in [4.69, 9.17) is 0 Å². The second-order valence-electron chi connectivity index (χ2n) is 6.53. The lowest BCUT2D eigenvalue weighted by Crippen LogP contribution is -2.03. The number of nitrogens with zero attached hydrogens (tertiary/aromatic N) is 6. The van der Waals surface area contributed by atoms with Gasteiger partial charge in [0, 0.05) is 6.42 Å². The summed E-state index contributed by atoms with van der Waals surface area (Å²) in [5.41, 5.74) is 7.58. The van der Waals surface area contributed by atoms with Crippen LogP contribution in [0.3, 0.4) is 0 Å². The highest BCUT2D eigenvalue weighted by Crippen LogP contribution is 2.18. The number of hydrogen-bond donors (Lipinski definition) is 0.